The molecule has 25 heteroatoms. The number of aliphatic hydroxyl groups excluding tert-OH is 1. The third kappa shape index (κ3) is 19.7. The number of aliphatic imine (C=N–C) groups is 1. The molecule has 0 aliphatic carbocycles. The number of benzene rings is 1. The molecule has 0 radical (unpaired) electrons. The van der Waals surface area contributed by atoms with Crippen LogP contribution in [0, 0.1) is 11.8 Å². The van der Waals surface area contributed by atoms with Crippen molar-refractivity contribution in [2.45, 2.75) is 172 Å². The number of hydrogen-bond acceptors (Lipinski definition) is 13. The van der Waals surface area contributed by atoms with E-state index in [-0.39, 0.29) is 69.4 Å². The van der Waals surface area contributed by atoms with Crippen molar-refractivity contribution in [3.05, 3.63) is 54.1 Å². The summed E-state index contributed by atoms with van der Waals surface area (Å²) in [6, 6.07) is -1.13. The normalized spacial score (nSPS) is 18.0. The largest absolute Gasteiger partial charge is 0.481 e. The molecule has 2 fully saturated rings. The molecule has 1 aromatic carbocycles. The number of unbranched alkanes of at least 4 members (excludes halogenated alkanes) is 1. The van der Waals surface area contributed by atoms with Crippen molar-refractivity contribution in [2.24, 2.45) is 34.0 Å². The molecule has 0 spiro atoms. The lowest BCUT2D eigenvalue weighted by molar-refractivity contribution is -0.143. The summed E-state index contributed by atoms with van der Waals surface area (Å²) >= 11 is 0. The second-order valence-electron chi connectivity index (χ2n) is 20.6. The summed E-state index contributed by atoms with van der Waals surface area (Å²) in [4.78, 5) is 137. The second kappa shape index (κ2) is 31.2. The molecule has 1 aromatic heterocycles. The average molecular weight is 1080 g/mol. The standard InChI is InChI=1S/C52H82N14O11/c1-6-7-16-35(53)50(76)65-21-12-19-41(65)49(75)62-37(23-30(2)3)45(71)61-38(25-34-27-56-29-58-34)46(72)63-39(28-67)47(73)60-36(17-11-20-57-52(54)55)44(70)64-43(31(4)5)51(77)66-22-13-18-40(66)48(74)59-33(26-42(68)69)24-32-14-9-8-10-15-32/h8-10,14-15,27,29-31,33,35-41,43,67H,6-7,11-13,16-26,28,53H2,1-5H3,(H,56,58)(H,59,74)(H,60,73)(H,61,71)(H,62,75)(H,63,72)(H,64,70)(H,68,69)(H4,54,55,57)/t33-,35-,36-,37-,38-,39-,40-,41-,43-/m0/s1. The van der Waals surface area contributed by atoms with E-state index in [1.807, 2.05) is 39.0 Å². The van der Waals surface area contributed by atoms with E-state index in [1.165, 1.54) is 22.3 Å². The van der Waals surface area contributed by atoms with Crippen molar-refractivity contribution < 1.29 is 53.4 Å². The molecule has 3 heterocycles. The van der Waals surface area contributed by atoms with Gasteiger partial charge in [-0.05, 0) is 75.2 Å². The first-order valence-electron chi connectivity index (χ1n) is 26.7. The van der Waals surface area contributed by atoms with E-state index in [2.05, 4.69) is 46.9 Å². The maximum absolute atomic E-state index is 14.3. The molecule has 2 aliphatic rings. The quantitative estimate of drug-likeness (QED) is 0.0240. The predicted octanol–water partition coefficient (Wildman–Crippen LogP) is -1.17. The Balaban J connectivity index is 1.50. The van der Waals surface area contributed by atoms with E-state index in [9.17, 15) is 53.4 Å². The number of H-pyrrole nitrogens is 1. The summed E-state index contributed by atoms with van der Waals surface area (Å²) in [5, 5.41) is 36.3. The first-order valence-corrected chi connectivity index (χ1v) is 26.7. The molecule has 9 atom stereocenters. The van der Waals surface area contributed by atoms with Crippen LogP contribution in [0.15, 0.2) is 47.8 Å². The molecule has 77 heavy (non-hydrogen) atoms. The monoisotopic (exact) mass is 1080 g/mol. The number of imidazole rings is 1. The summed E-state index contributed by atoms with van der Waals surface area (Å²) in [6.07, 6.45) is 6.48. The number of guanidine groups is 1. The Labute approximate surface area is 449 Å². The molecule has 15 N–H and O–H groups in total. The number of aliphatic hydroxyl groups is 1. The summed E-state index contributed by atoms with van der Waals surface area (Å²) in [5.74, 6) is -7.43. The van der Waals surface area contributed by atoms with E-state index >= 15 is 0 Å². The van der Waals surface area contributed by atoms with Gasteiger partial charge in [0, 0.05) is 44.0 Å². The van der Waals surface area contributed by atoms with Crippen LogP contribution in [0.5, 0.6) is 0 Å². The van der Waals surface area contributed by atoms with Crippen LogP contribution >= 0.6 is 0 Å². The zero-order valence-corrected chi connectivity index (χ0v) is 45.0. The first kappa shape index (κ1) is 62.4. The number of nitrogens with two attached hydrogens (primary N) is 3. The van der Waals surface area contributed by atoms with E-state index in [4.69, 9.17) is 17.2 Å². The zero-order valence-electron chi connectivity index (χ0n) is 45.0. The van der Waals surface area contributed by atoms with Crippen molar-refractivity contribution >= 4 is 59.2 Å². The van der Waals surface area contributed by atoms with Gasteiger partial charge < -0.3 is 74.1 Å². The smallest absolute Gasteiger partial charge is 0.305 e. The van der Waals surface area contributed by atoms with Crippen molar-refractivity contribution in [2.75, 3.05) is 26.2 Å². The topological polar surface area (TPSA) is 392 Å². The fourth-order valence-corrected chi connectivity index (χ4v) is 9.47. The minimum Gasteiger partial charge on any atom is -0.481 e. The minimum atomic E-state index is -1.68. The highest BCUT2D eigenvalue weighted by atomic mass is 16.4. The van der Waals surface area contributed by atoms with E-state index in [0.717, 1.165) is 18.4 Å². The number of carboxylic acid groups (broad SMARTS) is 1. The Morgan fingerprint density at radius 1 is 0.740 bits per heavy atom. The van der Waals surface area contributed by atoms with Gasteiger partial charge in [-0.3, -0.25) is 48.1 Å². The Kier molecular flexibility index (Phi) is 25.3. The number of likely N-dealkylation sites (tertiary alicyclic amines) is 2. The fourth-order valence-electron chi connectivity index (χ4n) is 9.47. The molecule has 2 aromatic rings. The van der Waals surface area contributed by atoms with Gasteiger partial charge in [0.25, 0.3) is 0 Å². The Hall–Kier alpha value is -7.15. The Morgan fingerprint density at radius 2 is 1.32 bits per heavy atom. The minimum absolute atomic E-state index is 0.0455. The van der Waals surface area contributed by atoms with Gasteiger partial charge in [-0.15, -0.1) is 0 Å². The number of carboxylic acids is 1. The molecular formula is C52H82N14O11. The summed E-state index contributed by atoms with van der Waals surface area (Å²) in [5.41, 5.74) is 18.5. The number of aliphatic carboxylic acids is 1. The maximum Gasteiger partial charge on any atom is 0.305 e. The van der Waals surface area contributed by atoms with Gasteiger partial charge in [0.15, 0.2) is 5.96 Å². The van der Waals surface area contributed by atoms with E-state index in [1.54, 1.807) is 26.0 Å². The molecule has 4 rings (SSSR count). The fraction of sp³-hybridized carbons (Fsp3) is 0.635. The van der Waals surface area contributed by atoms with E-state index in [0.29, 0.717) is 44.3 Å². The molecule has 0 bridgehead atoms. The van der Waals surface area contributed by atoms with Gasteiger partial charge >= 0.3 is 5.97 Å². The first-order chi connectivity index (χ1) is 36.6. The average Bonchev–Trinajstić information content (AvgIpc) is 4.20. The number of nitrogens with zero attached hydrogens (tertiary/aromatic N) is 4. The second-order valence-corrected chi connectivity index (χ2v) is 20.6. The molecule has 426 valence electrons. The number of nitrogens with one attached hydrogen (secondary N) is 7. The van der Waals surface area contributed by atoms with Gasteiger partial charge in [0.05, 0.1) is 25.4 Å². The molecule has 25 nitrogen and oxygen atoms in total. The molecule has 0 unspecified atom stereocenters. The lowest BCUT2D eigenvalue weighted by Gasteiger charge is -2.32. The van der Waals surface area contributed by atoms with Crippen LogP contribution in [0.1, 0.15) is 117 Å². The Bertz CT molecular complexity index is 2310. The van der Waals surface area contributed by atoms with Crippen molar-refractivity contribution in [1.82, 2.24) is 51.7 Å². The lowest BCUT2D eigenvalue weighted by Crippen LogP contribution is -2.61. The summed E-state index contributed by atoms with van der Waals surface area (Å²) in [6.45, 7) is 8.66. The Morgan fingerprint density at radius 3 is 1.90 bits per heavy atom. The molecule has 2 saturated heterocycles. The third-order valence-corrected chi connectivity index (χ3v) is 13.5. The number of aromatic amines is 1. The predicted molar refractivity (Wildman–Crippen MR) is 285 cm³/mol. The third-order valence-electron chi connectivity index (χ3n) is 13.5. The summed E-state index contributed by atoms with van der Waals surface area (Å²) < 4.78 is 0. The highest BCUT2D eigenvalue weighted by Crippen LogP contribution is 2.23. The number of hydrogen-bond donors (Lipinski definition) is 12. The van der Waals surface area contributed by atoms with Gasteiger partial charge in [-0.25, -0.2) is 4.98 Å². The number of amides is 8. The van der Waals surface area contributed by atoms with Crippen LogP contribution in [0.3, 0.4) is 0 Å². The SMILES string of the molecule is CCCC[C@H](N)C(=O)N1CCC[C@H]1C(=O)N[C@@H](CC(C)C)C(=O)N[C@@H](Cc1cnc[nH]1)C(=O)N[C@@H](CO)C(=O)N[C@@H](CCCN=C(N)N)C(=O)N[C@H](C(=O)N1CCC[C@H]1C(=O)N[C@H](CC(=O)O)Cc1ccccc1)C(C)C. The summed E-state index contributed by atoms with van der Waals surface area (Å²) in [7, 11) is 0. The van der Waals surface area contributed by atoms with E-state index < -0.39 is 114 Å². The highest BCUT2D eigenvalue weighted by molar-refractivity contribution is 5.98. The van der Waals surface area contributed by atoms with Gasteiger partial charge in [-0.2, -0.15) is 0 Å². The number of carbonyl (C=O) groups excluding carboxylic acids is 8. The zero-order chi connectivity index (χ0) is 56.8. The maximum atomic E-state index is 14.3. The van der Waals surface area contributed by atoms with Crippen molar-refractivity contribution in [1.29, 1.82) is 0 Å². The van der Waals surface area contributed by atoms with Crippen LogP contribution in [0.25, 0.3) is 0 Å². The number of rotatable bonds is 31. The van der Waals surface area contributed by atoms with Crippen molar-refractivity contribution in [3.63, 3.8) is 0 Å². The molecule has 2 aliphatic heterocycles. The molecule has 8 amide bonds. The lowest BCUT2D eigenvalue weighted by atomic mass is 10.00. The highest BCUT2D eigenvalue weighted by Gasteiger charge is 2.41. The van der Waals surface area contributed by atoms with Crippen LogP contribution < -0.4 is 49.1 Å². The molecular weight excluding hydrogens is 997 g/mol. The van der Waals surface area contributed by atoms with Crippen LogP contribution in [-0.4, -0.2) is 170 Å². The number of carbonyl (C=O) groups is 9. The van der Waals surface area contributed by atoms with Gasteiger partial charge in [-0.1, -0.05) is 77.8 Å². The van der Waals surface area contributed by atoms with Crippen LogP contribution in [0.2, 0.25) is 0 Å². The van der Waals surface area contributed by atoms with Crippen LogP contribution in [0.4, 0.5) is 0 Å². The number of aromatic nitrogens is 2. The molecule has 0 saturated carbocycles. The van der Waals surface area contributed by atoms with Crippen LogP contribution in [-0.2, 0) is 56.0 Å². The van der Waals surface area contributed by atoms with Crippen molar-refractivity contribution in [3.8, 4) is 0 Å². The van der Waals surface area contributed by atoms with Gasteiger partial charge in [0.2, 0.25) is 47.3 Å². The van der Waals surface area contributed by atoms with Gasteiger partial charge in [0.1, 0.15) is 42.3 Å².